The minimum atomic E-state index is -1.14. The van der Waals surface area contributed by atoms with Crippen LogP contribution in [0.15, 0.2) is 133 Å². The quantitative estimate of drug-likeness (QED) is 0.0321. The van der Waals surface area contributed by atoms with Crippen molar-refractivity contribution in [3.05, 3.63) is 156 Å². The van der Waals surface area contributed by atoms with E-state index in [0.29, 0.717) is 72.0 Å². The van der Waals surface area contributed by atoms with E-state index in [-0.39, 0.29) is 47.3 Å². The maximum absolute atomic E-state index is 13.4. The highest BCUT2D eigenvalue weighted by Gasteiger charge is 2.28. The van der Waals surface area contributed by atoms with Gasteiger partial charge in [0.25, 0.3) is 12.0 Å². The molecular formula is C67H71I3N12O12. The number of rotatable bonds is 20. The summed E-state index contributed by atoms with van der Waals surface area (Å²) in [6, 6.07) is 43.2. The zero-order valence-corrected chi connectivity index (χ0v) is 59.0. The third kappa shape index (κ3) is 17.5. The summed E-state index contributed by atoms with van der Waals surface area (Å²) in [6.07, 6.45) is 5.30. The van der Waals surface area contributed by atoms with E-state index in [0.717, 1.165) is 109 Å². The van der Waals surface area contributed by atoms with Crippen molar-refractivity contribution < 1.29 is 57.1 Å². The van der Waals surface area contributed by atoms with Gasteiger partial charge in [0.1, 0.15) is 12.2 Å². The molecule has 12 rings (SSSR count). The number of tetrazole rings is 2. The number of hydrogen-bond acceptors (Lipinski definition) is 20. The third-order valence-electron chi connectivity index (χ3n) is 15.7. The lowest BCUT2D eigenvalue weighted by Gasteiger charge is -2.22. The first-order valence-electron chi connectivity index (χ1n) is 30.8. The lowest BCUT2D eigenvalue weighted by Crippen LogP contribution is -2.26. The number of hydrogen-bond donors (Lipinski definition) is 1. The summed E-state index contributed by atoms with van der Waals surface area (Å²) in [4.78, 5) is 60.7. The number of aromatic nitrogens is 12. The molecule has 4 aromatic heterocycles. The van der Waals surface area contributed by atoms with Gasteiger partial charge in [-0.05, 0) is 139 Å². The average Bonchev–Trinajstić information content (AvgIpc) is 1.63. The molecule has 2 aliphatic rings. The van der Waals surface area contributed by atoms with Crippen LogP contribution in [-0.4, -0.2) is 122 Å². The first-order chi connectivity index (χ1) is 45.4. The van der Waals surface area contributed by atoms with Crippen molar-refractivity contribution in [3.8, 4) is 57.1 Å². The van der Waals surface area contributed by atoms with E-state index >= 15 is 0 Å². The van der Waals surface area contributed by atoms with E-state index in [9.17, 15) is 19.2 Å². The molecule has 0 bridgehead atoms. The Balaban J connectivity index is 0.000000214. The second kappa shape index (κ2) is 34.2. The molecule has 0 saturated heterocycles. The fraction of sp³-hybridized carbons (Fsp3) is 0.343. The van der Waals surface area contributed by atoms with Gasteiger partial charge in [0, 0.05) is 69.3 Å². The molecule has 2 aliphatic carbocycles. The molecule has 10 aromatic rings. The van der Waals surface area contributed by atoms with E-state index in [2.05, 4.69) is 83.3 Å². The largest absolute Gasteiger partial charge is 0.511 e. The fourth-order valence-electron chi connectivity index (χ4n) is 11.4. The highest BCUT2D eigenvalue weighted by atomic mass is 128. The molecule has 2 atom stereocenters. The van der Waals surface area contributed by atoms with Crippen LogP contribution < -0.4 is 9.47 Å². The van der Waals surface area contributed by atoms with Crippen LogP contribution in [-0.2, 0) is 48.6 Å². The minimum absolute atomic E-state index is 0. The van der Waals surface area contributed by atoms with Crippen LogP contribution in [0.4, 0.5) is 9.59 Å². The van der Waals surface area contributed by atoms with Crippen molar-refractivity contribution in [2.45, 2.75) is 130 Å². The number of aromatic amines is 1. The molecule has 27 heteroatoms. The van der Waals surface area contributed by atoms with Crippen LogP contribution in [0.1, 0.15) is 124 Å². The van der Waals surface area contributed by atoms with Gasteiger partial charge < -0.3 is 37.9 Å². The predicted octanol–water partition coefficient (Wildman–Crippen LogP) is 15.0. The van der Waals surface area contributed by atoms with E-state index in [4.69, 9.17) is 37.9 Å². The maximum Gasteiger partial charge on any atom is 0.511 e. The number of H-pyrrole nitrogens is 1. The van der Waals surface area contributed by atoms with E-state index in [1.54, 1.807) is 28.9 Å². The minimum Gasteiger partial charge on any atom is -0.465 e. The van der Waals surface area contributed by atoms with Crippen molar-refractivity contribution in [2.75, 3.05) is 13.2 Å². The number of esters is 2. The molecule has 0 spiro atoms. The Morgan fingerprint density at radius 2 is 0.979 bits per heavy atom. The van der Waals surface area contributed by atoms with E-state index in [1.165, 1.54) is 13.8 Å². The Kier molecular flexibility index (Phi) is 25.5. The van der Waals surface area contributed by atoms with Gasteiger partial charge in [0.15, 0.2) is 5.82 Å². The second-order valence-electron chi connectivity index (χ2n) is 22.0. The van der Waals surface area contributed by atoms with Crippen molar-refractivity contribution >= 4 is 108 Å². The highest BCUT2D eigenvalue weighted by molar-refractivity contribution is 15.0. The fourth-order valence-corrected chi connectivity index (χ4v) is 11.4. The first kappa shape index (κ1) is 70.0. The number of ether oxygens (including phenoxy) is 8. The van der Waals surface area contributed by atoms with Gasteiger partial charge in [-0.1, -0.05) is 122 Å². The Morgan fingerprint density at radius 3 is 1.39 bits per heavy atom. The van der Waals surface area contributed by atoms with Crippen LogP contribution in [0.25, 0.3) is 67.1 Å². The Bertz CT molecular complexity index is 4140. The number of imidazole rings is 2. The predicted molar refractivity (Wildman–Crippen MR) is 377 cm³/mol. The molecule has 2 unspecified atom stereocenters. The maximum atomic E-state index is 13.4. The van der Waals surface area contributed by atoms with Gasteiger partial charge >= 0.3 is 24.2 Å². The van der Waals surface area contributed by atoms with E-state index in [1.807, 2.05) is 139 Å². The summed E-state index contributed by atoms with van der Waals surface area (Å²) in [5.74, 6) is -0.124. The molecule has 1 N–H and O–H groups in total. The van der Waals surface area contributed by atoms with Crippen molar-refractivity contribution in [1.82, 2.24) is 59.9 Å². The number of nitrogens with zero attached hydrogens (tertiary/aromatic N) is 11. The summed E-state index contributed by atoms with van der Waals surface area (Å²) >= 11 is 4.24. The SMILES string of the molecule is CCOc1nc2cccc(C(=O)OC(C)OC(=O)OC3CCCCC3)c2n1Cc1ccc(-c2ccccc2-c2nn[nH]n2)cc1.CCOc1nc2cccc(C(=O)OC(C)OC(=O)OC3CCCCC3)c2n1Cc1ccc(-c2ccccc2-c2nnnn2C)cc1.I.II. The van der Waals surface area contributed by atoms with Crippen LogP contribution in [0.3, 0.4) is 0 Å². The number of halogens is 3. The van der Waals surface area contributed by atoms with Crippen LogP contribution in [0, 0.1) is 0 Å². The van der Waals surface area contributed by atoms with Crippen molar-refractivity contribution in [3.63, 3.8) is 0 Å². The molecule has 0 amide bonds. The summed E-state index contributed by atoms with van der Waals surface area (Å²) in [7, 11) is 1.81. The van der Waals surface area contributed by atoms with Crippen LogP contribution in [0.2, 0.25) is 0 Å². The van der Waals surface area contributed by atoms with Crippen molar-refractivity contribution in [2.24, 2.45) is 7.05 Å². The monoisotopic (exact) mass is 1620 g/mol. The number of carbonyl (C=O) groups excluding carboxylic acids is 4. The van der Waals surface area contributed by atoms with Gasteiger partial charge in [-0.2, -0.15) is 15.2 Å². The summed E-state index contributed by atoms with van der Waals surface area (Å²) in [5.41, 5.74) is 10.5. The van der Waals surface area contributed by atoms with Gasteiger partial charge in [0.2, 0.25) is 18.4 Å². The number of nitrogens with one attached hydrogen (secondary N) is 1. The topological polar surface area (TPSA) is 276 Å². The summed E-state index contributed by atoms with van der Waals surface area (Å²) < 4.78 is 49.5. The number of aryl methyl sites for hydroxylation is 1. The smallest absolute Gasteiger partial charge is 0.465 e. The molecule has 4 heterocycles. The lowest BCUT2D eigenvalue weighted by atomic mass is 9.98. The van der Waals surface area contributed by atoms with Gasteiger partial charge in [0.05, 0.1) is 59.5 Å². The molecule has 2 saturated carbocycles. The molecule has 6 aromatic carbocycles. The Hall–Kier alpha value is -8.33. The highest BCUT2D eigenvalue weighted by Crippen LogP contribution is 2.35. The Morgan fingerprint density at radius 1 is 0.543 bits per heavy atom. The molecule has 94 heavy (non-hydrogen) atoms. The molecule has 492 valence electrons. The molecule has 2 fully saturated rings. The van der Waals surface area contributed by atoms with Crippen molar-refractivity contribution in [1.29, 1.82) is 0 Å². The number of fused-ring (bicyclic) bond motifs is 2. The average molecular weight is 1620 g/mol. The number of para-hydroxylation sites is 2. The molecular weight excluding hydrogens is 1550 g/mol. The number of carbonyl (C=O) groups is 4. The van der Waals surface area contributed by atoms with Gasteiger partial charge in [-0.3, -0.25) is 9.13 Å². The van der Waals surface area contributed by atoms with Gasteiger partial charge in [-0.25, -0.2) is 23.9 Å². The molecule has 0 aliphatic heterocycles. The van der Waals surface area contributed by atoms with Crippen LogP contribution in [0.5, 0.6) is 12.0 Å². The zero-order valence-electron chi connectivity index (χ0n) is 52.4. The standard InChI is InChI=1S/C34H36N6O6.C33H34N6O6.I2.HI/c1-4-43-33-35-29-16-10-15-28(32(41)44-22(2)45-34(42)46-25-11-6-5-7-12-25)30(29)40(33)21-23-17-19-24(20-18-23)26-13-8-9-14-27(26)31-36-37-38-39(31)3;1-3-42-32-34-28-15-9-14-27(31(40)43-21(2)44-33(41)45-24-10-5-4-6-11-24)29(28)39(32)20-22-16-18-23(19-17-22)25-12-7-8-13-26(25)30-35-37-38-36-30;1-2;/h8-10,13-20,22,25H,4-7,11-12,21H2,1-3H3;7-9,12-19,21,24H,3-6,10-11,20H2,1-2H3,(H,35,36,37,38);;1H. The van der Waals surface area contributed by atoms with E-state index < -0.39 is 36.8 Å². The molecule has 24 nitrogen and oxygen atoms in total. The van der Waals surface area contributed by atoms with Gasteiger partial charge in [-0.15, -0.1) is 39.3 Å². The summed E-state index contributed by atoms with van der Waals surface area (Å²) in [5, 5.41) is 26.4. The second-order valence-corrected chi connectivity index (χ2v) is 22.0. The first-order valence-corrected chi connectivity index (χ1v) is 37.1. The van der Waals surface area contributed by atoms with Crippen LogP contribution >= 0.6 is 61.2 Å². The Labute approximate surface area is 582 Å². The summed E-state index contributed by atoms with van der Waals surface area (Å²) in [6.45, 7) is 8.27. The normalized spacial score (nSPS) is 13.8. The number of benzene rings is 6. The third-order valence-corrected chi connectivity index (χ3v) is 15.7. The lowest BCUT2D eigenvalue weighted by molar-refractivity contribution is -0.0929. The molecule has 0 radical (unpaired) electrons. The zero-order chi connectivity index (χ0) is 65.2.